The Morgan fingerprint density at radius 1 is 1.33 bits per heavy atom. The van der Waals surface area contributed by atoms with Gasteiger partial charge in [0.2, 0.25) is 11.1 Å². The van der Waals surface area contributed by atoms with Gasteiger partial charge < -0.3 is 4.74 Å². The molecule has 0 unspecified atom stereocenters. The highest BCUT2D eigenvalue weighted by Crippen LogP contribution is 2.28. The molecule has 1 aromatic carbocycles. The summed E-state index contributed by atoms with van der Waals surface area (Å²) in [5.74, 6) is 1.41. The van der Waals surface area contributed by atoms with Gasteiger partial charge in [-0.05, 0) is 60.3 Å². The zero-order chi connectivity index (χ0) is 15.4. The van der Waals surface area contributed by atoms with Crippen LogP contribution in [0.15, 0.2) is 12.1 Å². The Balaban J connectivity index is 2.12. The average Bonchev–Trinajstić information content (AvgIpc) is 2.83. The summed E-state index contributed by atoms with van der Waals surface area (Å²) in [6.45, 7) is 4.40. The van der Waals surface area contributed by atoms with Gasteiger partial charge in [-0.25, -0.2) is 0 Å². The Labute approximate surface area is 128 Å². The molecule has 6 nitrogen and oxygen atoms in total. The van der Waals surface area contributed by atoms with E-state index < -0.39 is 0 Å². The van der Waals surface area contributed by atoms with E-state index in [-0.39, 0.29) is 5.24 Å². The Morgan fingerprint density at radius 2 is 2.00 bits per heavy atom. The molecule has 0 saturated carbocycles. The van der Waals surface area contributed by atoms with Crippen LogP contribution >= 0.6 is 11.6 Å². The van der Waals surface area contributed by atoms with E-state index in [4.69, 9.17) is 16.3 Å². The number of hydrogen-bond donors (Lipinski definition) is 0. The summed E-state index contributed by atoms with van der Waals surface area (Å²) in [5, 5.41) is 11.7. The molecule has 0 aliphatic rings. The smallest absolute Gasteiger partial charge is 0.221 e. The fourth-order valence-corrected chi connectivity index (χ4v) is 2.23. The number of rotatable bonds is 6. The van der Waals surface area contributed by atoms with Gasteiger partial charge in [-0.2, -0.15) is 4.80 Å². The second kappa shape index (κ2) is 6.67. The molecule has 2 aromatic rings. The number of carbonyl (C=O) groups is 1. The maximum absolute atomic E-state index is 10.7. The predicted molar refractivity (Wildman–Crippen MR) is 79.3 cm³/mol. The second-order valence-electron chi connectivity index (χ2n) is 4.85. The zero-order valence-electron chi connectivity index (χ0n) is 12.3. The van der Waals surface area contributed by atoms with Crippen LogP contribution in [0.2, 0.25) is 0 Å². The topological polar surface area (TPSA) is 69.9 Å². The van der Waals surface area contributed by atoms with Crippen molar-refractivity contribution in [3.05, 3.63) is 23.3 Å². The highest BCUT2D eigenvalue weighted by Gasteiger charge is 2.11. The number of aromatic nitrogens is 4. The maximum Gasteiger partial charge on any atom is 0.221 e. The van der Waals surface area contributed by atoms with Crippen molar-refractivity contribution in [2.45, 2.75) is 26.7 Å². The van der Waals surface area contributed by atoms with Crippen LogP contribution in [-0.4, -0.2) is 32.1 Å². The molecule has 0 saturated heterocycles. The lowest BCUT2D eigenvalue weighted by atomic mass is 10.1. The summed E-state index contributed by atoms with van der Waals surface area (Å²) >= 11 is 5.30. The average molecular weight is 309 g/mol. The van der Waals surface area contributed by atoms with Crippen molar-refractivity contribution >= 4 is 16.8 Å². The molecule has 21 heavy (non-hydrogen) atoms. The monoisotopic (exact) mass is 308 g/mol. The van der Waals surface area contributed by atoms with Gasteiger partial charge in [0.15, 0.2) is 0 Å². The van der Waals surface area contributed by atoms with Gasteiger partial charge in [0.25, 0.3) is 0 Å². The van der Waals surface area contributed by atoms with Crippen LogP contribution in [0, 0.1) is 13.8 Å². The van der Waals surface area contributed by atoms with Crippen molar-refractivity contribution in [1.82, 2.24) is 20.2 Å². The molecule has 0 atom stereocenters. The van der Waals surface area contributed by atoms with Crippen LogP contribution in [0.1, 0.15) is 24.0 Å². The molecule has 0 fully saturated rings. The Bertz CT molecular complexity index is 631. The number of ether oxygens (including phenoxy) is 1. The highest BCUT2D eigenvalue weighted by molar-refractivity contribution is 6.63. The van der Waals surface area contributed by atoms with E-state index in [0.717, 1.165) is 22.4 Å². The molecule has 0 spiro atoms. The van der Waals surface area contributed by atoms with E-state index >= 15 is 0 Å². The van der Waals surface area contributed by atoms with Gasteiger partial charge in [0.1, 0.15) is 5.75 Å². The molecule has 2 rings (SSSR count). The largest absolute Gasteiger partial charge is 0.493 e. The van der Waals surface area contributed by atoms with E-state index in [1.807, 2.05) is 26.0 Å². The fourth-order valence-electron chi connectivity index (χ4n) is 2.09. The predicted octanol–water partition coefficient (Wildman–Crippen LogP) is 2.42. The lowest BCUT2D eigenvalue weighted by Gasteiger charge is -2.13. The van der Waals surface area contributed by atoms with E-state index in [9.17, 15) is 4.79 Å². The molecule has 0 bridgehead atoms. The van der Waals surface area contributed by atoms with Gasteiger partial charge >= 0.3 is 0 Å². The molecular weight excluding hydrogens is 292 g/mol. The van der Waals surface area contributed by atoms with Crippen LogP contribution < -0.4 is 4.74 Å². The fraction of sp³-hybridized carbons (Fsp3) is 0.429. The third kappa shape index (κ3) is 4.01. The first kappa shape index (κ1) is 15.4. The van der Waals surface area contributed by atoms with Crippen LogP contribution in [0.5, 0.6) is 5.75 Å². The SMILES string of the molecule is Cc1cc(-c2nnn(C)n2)cc(C)c1OCCCC(=O)Cl. The molecule has 112 valence electrons. The minimum atomic E-state index is -0.337. The van der Waals surface area contributed by atoms with Gasteiger partial charge in [0.05, 0.1) is 13.7 Å². The number of aryl methyl sites for hydroxylation is 3. The minimum absolute atomic E-state index is 0.321. The Morgan fingerprint density at radius 3 is 2.52 bits per heavy atom. The van der Waals surface area contributed by atoms with Crippen molar-refractivity contribution in [1.29, 1.82) is 0 Å². The van der Waals surface area contributed by atoms with Crippen LogP contribution in [0.4, 0.5) is 0 Å². The second-order valence-corrected chi connectivity index (χ2v) is 5.27. The quantitative estimate of drug-likeness (QED) is 0.605. The summed E-state index contributed by atoms with van der Waals surface area (Å²) < 4.78 is 5.74. The number of hydrogen-bond acceptors (Lipinski definition) is 5. The van der Waals surface area contributed by atoms with Crippen molar-refractivity contribution in [2.75, 3.05) is 6.61 Å². The number of nitrogens with zero attached hydrogens (tertiary/aromatic N) is 4. The minimum Gasteiger partial charge on any atom is -0.493 e. The molecule has 0 aliphatic heterocycles. The zero-order valence-corrected chi connectivity index (χ0v) is 13.0. The van der Waals surface area contributed by atoms with Gasteiger partial charge in [0, 0.05) is 12.0 Å². The number of halogens is 1. The lowest BCUT2D eigenvalue weighted by Crippen LogP contribution is -2.02. The van der Waals surface area contributed by atoms with Crippen molar-refractivity contribution in [3.63, 3.8) is 0 Å². The first-order valence-corrected chi connectivity index (χ1v) is 7.02. The highest BCUT2D eigenvalue weighted by atomic mass is 35.5. The molecule has 0 radical (unpaired) electrons. The molecule has 1 aromatic heterocycles. The maximum atomic E-state index is 10.7. The van der Waals surface area contributed by atoms with Crippen LogP contribution in [0.25, 0.3) is 11.4 Å². The summed E-state index contributed by atoms with van der Waals surface area (Å²) in [6, 6.07) is 3.93. The van der Waals surface area contributed by atoms with Crippen LogP contribution in [0.3, 0.4) is 0 Å². The Hall–Kier alpha value is -1.95. The summed E-state index contributed by atoms with van der Waals surface area (Å²) in [5.41, 5.74) is 2.89. The van der Waals surface area contributed by atoms with Crippen molar-refractivity contribution in [2.24, 2.45) is 7.05 Å². The summed E-state index contributed by atoms with van der Waals surface area (Å²) in [7, 11) is 1.73. The number of benzene rings is 1. The summed E-state index contributed by atoms with van der Waals surface area (Å²) in [4.78, 5) is 12.1. The standard InChI is InChI=1S/C14H17ClN4O2/c1-9-7-11(14-16-18-19(3)17-14)8-10(2)13(9)21-6-4-5-12(15)20/h7-8H,4-6H2,1-3H3. The first-order chi connectivity index (χ1) is 9.97. The normalized spacial score (nSPS) is 10.7. The van der Waals surface area contributed by atoms with E-state index in [1.165, 1.54) is 4.80 Å². The molecule has 1 heterocycles. The molecule has 0 N–H and O–H groups in total. The summed E-state index contributed by atoms with van der Waals surface area (Å²) in [6.07, 6.45) is 0.927. The molecule has 7 heteroatoms. The molecular formula is C14H17ClN4O2. The molecule has 0 aliphatic carbocycles. The van der Waals surface area contributed by atoms with Crippen molar-refractivity contribution < 1.29 is 9.53 Å². The first-order valence-electron chi connectivity index (χ1n) is 6.64. The molecule has 0 amide bonds. The Kier molecular flexibility index (Phi) is 4.90. The number of carbonyl (C=O) groups excluding carboxylic acids is 1. The third-order valence-electron chi connectivity index (χ3n) is 2.99. The number of tetrazole rings is 1. The van der Waals surface area contributed by atoms with Gasteiger partial charge in [-0.15, -0.1) is 10.2 Å². The van der Waals surface area contributed by atoms with E-state index in [0.29, 0.717) is 25.3 Å². The van der Waals surface area contributed by atoms with E-state index in [2.05, 4.69) is 15.4 Å². The lowest BCUT2D eigenvalue weighted by molar-refractivity contribution is -0.111. The van der Waals surface area contributed by atoms with Crippen LogP contribution in [-0.2, 0) is 11.8 Å². The van der Waals surface area contributed by atoms with Crippen molar-refractivity contribution in [3.8, 4) is 17.1 Å². The van der Waals surface area contributed by atoms with E-state index in [1.54, 1.807) is 7.05 Å². The van der Waals surface area contributed by atoms with Gasteiger partial charge in [-0.1, -0.05) is 0 Å². The third-order valence-corrected chi connectivity index (χ3v) is 3.18. The van der Waals surface area contributed by atoms with Gasteiger partial charge in [-0.3, -0.25) is 4.79 Å².